The number of H-pyrrole nitrogens is 1. The van der Waals surface area contributed by atoms with Gasteiger partial charge in [-0.15, -0.1) is 0 Å². The fourth-order valence-electron chi connectivity index (χ4n) is 10.2. The minimum Gasteiger partial charge on any atom is -0.504 e. The number of carbonyl (C=O) groups excluding carboxylic acids is 2. The number of hydrogen-bond acceptors (Lipinski definition) is 13. The Bertz CT molecular complexity index is 2280. The molecule has 10 rings (SSSR count). The molecule has 5 atom stereocenters. The van der Waals surface area contributed by atoms with Gasteiger partial charge >= 0.3 is 11.9 Å². The van der Waals surface area contributed by atoms with Gasteiger partial charge in [0.15, 0.2) is 28.5 Å². The Balaban J connectivity index is 1.25. The van der Waals surface area contributed by atoms with Crippen molar-refractivity contribution in [1.29, 1.82) is 0 Å². The monoisotopic (exact) mass is 770 g/mol. The quantitative estimate of drug-likeness (QED) is 0.169. The average Bonchev–Trinajstić information content (AvgIpc) is 3.74. The van der Waals surface area contributed by atoms with Gasteiger partial charge in [0, 0.05) is 77.1 Å². The van der Waals surface area contributed by atoms with Crippen LogP contribution in [-0.4, -0.2) is 95.1 Å². The largest absolute Gasteiger partial charge is 0.504 e. The Morgan fingerprint density at radius 2 is 1.87 bits per heavy atom. The number of esters is 2. The van der Waals surface area contributed by atoms with Gasteiger partial charge in [-0.2, -0.15) is 11.8 Å². The van der Waals surface area contributed by atoms with Crippen molar-refractivity contribution in [3.8, 4) is 28.7 Å². The lowest BCUT2D eigenvalue weighted by Crippen LogP contribution is -2.66. The molecule has 3 aromatic carbocycles. The molecule has 0 radical (unpaired) electrons. The highest BCUT2D eigenvalue weighted by Crippen LogP contribution is 2.57. The fourth-order valence-corrected chi connectivity index (χ4v) is 11.5. The van der Waals surface area contributed by atoms with Gasteiger partial charge in [0.1, 0.15) is 18.1 Å². The van der Waals surface area contributed by atoms with Crippen molar-refractivity contribution in [2.24, 2.45) is 0 Å². The number of fused-ring (bicyclic) bond motifs is 9. The maximum Gasteiger partial charge on any atom is 0.333 e. The topological polar surface area (TPSA) is 155 Å². The number of carbonyl (C=O) groups is 2. The molecule has 55 heavy (non-hydrogen) atoms. The molecule has 14 heteroatoms. The summed E-state index contributed by atoms with van der Waals surface area (Å²) in [7, 11) is 3.48. The number of aromatic hydroxyl groups is 1. The molecule has 6 aliphatic heterocycles. The summed E-state index contributed by atoms with van der Waals surface area (Å²) in [6, 6.07) is 8.41. The molecule has 2 bridgehead atoms. The van der Waals surface area contributed by atoms with Crippen LogP contribution in [0.25, 0.3) is 10.9 Å². The Morgan fingerprint density at radius 3 is 2.65 bits per heavy atom. The number of phenolic OH excluding ortho intramolecular Hbond substituents is 1. The van der Waals surface area contributed by atoms with Crippen LogP contribution in [0.5, 0.6) is 28.7 Å². The predicted octanol–water partition coefficient (Wildman–Crippen LogP) is 4.65. The Hall–Kier alpha value is -4.47. The van der Waals surface area contributed by atoms with Crippen LogP contribution in [0.2, 0.25) is 0 Å². The number of hydrogen-bond donors (Lipinski definition) is 4. The van der Waals surface area contributed by atoms with E-state index < -0.39 is 35.3 Å². The molecule has 13 nitrogen and oxygen atoms in total. The molecule has 6 aliphatic rings. The Kier molecular flexibility index (Phi) is 8.59. The van der Waals surface area contributed by atoms with E-state index in [2.05, 4.69) is 21.3 Å². The van der Waals surface area contributed by atoms with Crippen molar-refractivity contribution in [2.75, 3.05) is 46.4 Å². The molecule has 0 aliphatic carbocycles. The third-order valence-electron chi connectivity index (χ3n) is 12.3. The van der Waals surface area contributed by atoms with Gasteiger partial charge in [-0.3, -0.25) is 19.9 Å². The number of thioether (sulfide) groups is 1. The SMILES string of the molecule is COc1c(C)cc2c(c1O)[C@H]1C(C)N([C@H]3COC(=O)[C@]4(CSCc5c(OC(C)=O)c(C)c6c(c53)OCO6)NCCc3c4[nH]c4ccccc34)C(O)(C2)CN1C. The number of rotatable bonds is 3. The zero-order valence-corrected chi connectivity index (χ0v) is 32.6. The van der Waals surface area contributed by atoms with Gasteiger partial charge in [0.05, 0.1) is 24.9 Å². The number of phenols is 1. The molecule has 1 spiro atoms. The van der Waals surface area contributed by atoms with Gasteiger partial charge in [-0.05, 0) is 57.0 Å². The molecular weight excluding hydrogens is 725 g/mol. The van der Waals surface area contributed by atoms with Crippen LogP contribution < -0.4 is 24.3 Å². The highest BCUT2D eigenvalue weighted by atomic mass is 32.2. The molecule has 1 fully saturated rings. The number of aromatic nitrogens is 1. The molecule has 1 aromatic heterocycles. The standard InChI is InChI=1S/C41H46N4O9S/c1-20-13-24-14-40(49)17-44(5)32(30(24)33(47)34(20)50-6)22(3)45(40)29-15-51-39(48)41(38-26(11-12-42-41)25-9-7-8-10-28(25)43-38)18-55-16-27-31(29)37-36(52-19-53-37)21(2)35(27)54-23(4)46/h7-10,13,22,29,32,42-43,47,49H,11-12,14-19H2,1-6H3/t22?,29-,32+,40?,41+/m0/s1. The summed E-state index contributed by atoms with van der Waals surface area (Å²) in [5, 5.41) is 29.5. The minimum atomic E-state index is -1.51. The summed E-state index contributed by atoms with van der Waals surface area (Å²) in [6.07, 6.45) is 0.918. The first kappa shape index (κ1) is 36.2. The lowest BCUT2D eigenvalue weighted by Gasteiger charge is -2.55. The van der Waals surface area contributed by atoms with Crippen LogP contribution in [0.3, 0.4) is 0 Å². The zero-order valence-electron chi connectivity index (χ0n) is 31.8. The van der Waals surface area contributed by atoms with Gasteiger partial charge in [0.2, 0.25) is 6.79 Å². The molecule has 4 N–H and O–H groups in total. The first-order chi connectivity index (χ1) is 26.4. The maximum absolute atomic E-state index is 14.9. The number of methoxy groups -OCH3 is 1. The summed E-state index contributed by atoms with van der Waals surface area (Å²) < 4.78 is 30.6. The number of para-hydroxylation sites is 1. The van der Waals surface area contributed by atoms with Crippen molar-refractivity contribution >= 4 is 34.6 Å². The first-order valence-electron chi connectivity index (χ1n) is 18.7. The van der Waals surface area contributed by atoms with E-state index in [1.54, 1.807) is 0 Å². The highest BCUT2D eigenvalue weighted by molar-refractivity contribution is 7.98. The summed E-state index contributed by atoms with van der Waals surface area (Å²) in [4.78, 5) is 35.3. The molecule has 7 heterocycles. The molecule has 2 unspecified atom stereocenters. The van der Waals surface area contributed by atoms with Gasteiger partial charge in [-0.1, -0.05) is 24.3 Å². The number of aromatic amines is 1. The third kappa shape index (κ3) is 5.28. The number of ether oxygens (including phenoxy) is 5. The second-order valence-electron chi connectivity index (χ2n) is 15.5. The second kappa shape index (κ2) is 13.1. The average molecular weight is 771 g/mol. The van der Waals surface area contributed by atoms with E-state index in [-0.39, 0.29) is 38.2 Å². The minimum absolute atomic E-state index is 0.0475. The van der Waals surface area contributed by atoms with Crippen LogP contribution in [-0.2, 0) is 38.5 Å². The smallest absolute Gasteiger partial charge is 0.333 e. The van der Waals surface area contributed by atoms with Crippen LogP contribution in [0.4, 0.5) is 0 Å². The number of cyclic esters (lactones) is 1. The normalized spacial score (nSPS) is 27.6. The Morgan fingerprint density at radius 1 is 1.09 bits per heavy atom. The molecule has 0 saturated carbocycles. The number of aliphatic hydroxyl groups is 1. The van der Waals surface area contributed by atoms with Gasteiger partial charge < -0.3 is 38.9 Å². The van der Waals surface area contributed by atoms with Gasteiger partial charge in [-0.25, -0.2) is 4.79 Å². The Labute approximate surface area is 323 Å². The summed E-state index contributed by atoms with van der Waals surface area (Å²) >= 11 is 1.53. The summed E-state index contributed by atoms with van der Waals surface area (Å²) in [6.45, 7) is 7.69. The summed E-state index contributed by atoms with van der Waals surface area (Å²) in [5.74, 6) is 1.48. The lowest BCUT2D eigenvalue weighted by atomic mass is 9.87. The van der Waals surface area contributed by atoms with E-state index in [4.69, 9.17) is 23.7 Å². The molecule has 4 aromatic rings. The zero-order chi connectivity index (χ0) is 38.6. The number of likely N-dealkylation sites (N-methyl/N-ethyl adjacent to an activating group) is 1. The highest BCUT2D eigenvalue weighted by Gasteiger charge is 2.57. The predicted molar refractivity (Wildman–Crippen MR) is 205 cm³/mol. The van der Waals surface area contributed by atoms with Crippen LogP contribution in [0.1, 0.15) is 70.6 Å². The van der Waals surface area contributed by atoms with Crippen molar-refractivity contribution in [1.82, 2.24) is 20.1 Å². The maximum atomic E-state index is 14.9. The van der Waals surface area contributed by atoms with E-state index in [1.807, 2.05) is 57.0 Å². The number of nitrogens with zero attached hydrogens (tertiary/aromatic N) is 2. The van der Waals surface area contributed by atoms with Crippen LogP contribution >= 0.6 is 11.8 Å². The molecule has 290 valence electrons. The van der Waals surface area contributed by atoms with Crippen LogP contribution in [0, 0.1) is 13.8 Å². The number of benzene rings is 3. The third-order valence-corrected chi connectivity index (χ3v) is 13.4. The van der Waals surface area contributed by atoms with Crippen LogP contribution in [0.15, 0.2) is 30.3 Å². The number of nitrogens with one attached hydrogen (secondary N) is 2. The van der Waals surface area contributed by atoms with E-state index in [1.165, 1.54) is 25.8 Å². The van der Waals surface area contributed by atoms with Crippen molar-refractivity contribution in [2.45, 2.75) is 75.7 Å². The first-order valence-corrected chi connectivity index (χ1v) is 19.9. The van der Waals surface area contributed by atoms with Crippen molar-refractivity contribution in [3.05, 3.63) is 75.0 Å². The van der Waals surface area contributed by atoms with Gasteiger partial charge in [0.25, 0.3) is 0 Å². The molecule has 0 amide bonds. The fraction of sp³-hybridized carbons (Fsp3) is 0.463. The van der Waals surface area contributed by atoms with E-state index >= 15 is 0 Å². The summed E-state index contributed by atoms with van der Waals surface area (Å²) in [5.41, 5.74) is 4.31. The second-order valence-corrected chi connectivity index (χ2v) is 16.5. The van der Waals surface area contributed by atoms with E-state index in [0.29, 0.717) is 63.3 Å². The molecule has 1 saturated heterocycles. The number of aryl methyl sites for hydroxylation is 1. The van der Waals surface area contributed by atoms with E-state index in [0.717, 1.165) is 39.7 Å². The lowest BCUT2D eigenvalue weighted by molar-refractivity contribution is -0.207. The van der Waals surface area contributed by atoms with E-state index in [9.17, 15) is 19.8 Å². The van der Waals surface area contributed by atoms with Crippen molar-refractivity contribution < 1.29 is 43.5 Å². The molecular formula is C41H46N4O9S. The number of piperazine rings is 1. The van der Waals surface area contributed by atoms with Crippen molar-refractivity contribution in [3.63, 3.8) is 0 Å².